The summed E-state index contributed by atoms with van der Waals surface area (Å²) in [6.45, 7) is 11.0. The zero-order valence-corrected chi connectivity index (χ0v) is 11.6. The zero-order chi connectivity index (χ0) is 12.6. The summed E-state index contributed by atoms with van der Waals surface area (Å²) in [6, 6.07) is 0. The molecule has 0 spiro atoms. The number of ether oxygens (including phenoxy) is 1. The van der Waals surface area contributed by atoms with Crippen LogP contribution in [0, 0.1) is 0 Å². The highest BCUT2D eigenvalue weighted by Crippen LogP contribution is 2.36. The number of hydrogen-bond donors (Lipinski definition) is 1. The van der Waals surface area contributed by atoms with E-state index >= 15 is 0 Å². The quantitative estimate of drug-likeness (QED) is 0.780. The molecule has 16 heavy (non-hydrogen) atoms. The molecule has 1 unspecified atom stereocenters. The summed E-state index contributed by atoms with van der Waals surface area (Å²) in [5, 5.41) is 9.17. The third-order valence-electron chi connectivity index (χ3n) is 3.30. The van der Waals surface area contributed by atoms with Crippen LogP contribution in [-0.2, 0) is 9.16 Å². The minimum absolute atomic E-state index is 0.118. The first kappa shape index (κ1) is 13.8. The molecule has 0 aromatic carbocycles. The lowest BCUT2D eigenvalue weighted by atomic mass is 10.2. The molecular weight excluding hydrogens is 227 g/mol. The normalized spacial score (nSPS) is 27.1. The maximum atomic E-state index is 12.9. The van der Waals surface area contributed by atoms with Crippen LogP contribution in [0.4, 0.5) is 4.39 Å². The van der Waals surface area contributed by atoms with Crippen LogP contribution < -0.4 is 0 Å². The fourth-order valence-corrected chi connectivity index (χ4v) is 2.14. The monoisotopic (exact) mass is 248 g/mol. The van der Waals surface area contributed by atoms with Gasteiger partial charge in [-0.25, -0.2) is 4.39 Å². The minimum Gasteiger partial charge on any atom is -0.414 e. The number of hydrogen-bond acceptors (Lipinski definition) is 3. The van der Waals surface area contributed by atoms with Crippen LogP contribution in [0.15, 0.2) is 11.9 Å². The van der Waals surface area contributed by atoms with Gasteiger partial charge >= 0.3 is 0 Å². The molecule has 1 aliphatic heterocycles. The van der Waals surface area contributed by atoms with E-state index in [0.717, 1.165) is 0 Å². The number of rotatable bonds is 3. The van der Waals surface area contributed by atoms with E-state index in [-0.39, 0.29) is 5.04 Å². The van der Waals surface area contributed by atoms with Crippen LogP contribution in [0.3, 0.4) is 0 Å². The van der Waals surface area contributed by atoms with E-state index < -0.39 is 26.5 Å². The standard InChI is InChI=1S/C11H21FO3Si/c1-11(2,3)16(4,5)14-7-8-6-9(12)10(13)15-8/h6,8,10,13H,7H2,1-5H3/t8-,10?/m0/s1. The zero-order valence-electron chi connectivity index (χ0n) is 10.6. The summed E-state index contributed by atoms with van der Waals surface area (Å²) in [7, 11) is -1.83. The van der Waals surface area contributed by atoms with Crippen molar-refractivity contribution >= 4 is 8.32 Å². The predicted molar refractivity (Wildman–Crippen MR) is 63.2 cm³/mol. The molecule has 5 heteroatoms. The molecule has 1 heterocycles. The molecule has 0 aromatic heterocycles. The van der Waals surface area contributed by atoms with Crippen LogP contribution in [0.2, 0.25) is 18.1 Å². The van der Waals surface area contributed by atoms with E-state index in [1.54, 1.807) is 0 Å². The third-order valence-corrected chi connectivity index (χ3v) is 7.80. The van der Waals surface area contributed by atoms with Gasteiger partial charge in [-0.3, -0.25) is 0 Å². The van der Waals surface area contributed by atoms with Gasteiger partial charge in [-0.2, -0.15) is 0 Å². The molecule has 0 fully saturated rings. The summed E-state index contributed by atoms with van der Waals surface area (Å²) in [4.78, 5) is 0. The second-order valence-electron chi connectivity index (χ2n) is 5.65. The van der Waals surface area contributed by atoms with Crippen LogP contribution in [0.25, 0.3) is 0 Å². The Bertz CT molecular complexity index is 283. The molecular formula is C11H21FO3Si. The van der Waals surface area contributed by atoms with E-state index in [9.17, 15) is 4.39 Å². The van der Waals surface area contributed by atoms with Crippen LogP contribution in [0.5, 0.6) is 0 Å². The Morgan fingerprint density at radius 2 is 2.06 bits per heavy atom. The molecule has 0 amide bonds. The van der Waals surface area contributed by atoms with Crippen LogP contribution in [0.1, 0.15) is 20.8 Å². The Kier molecular flexibility index (Phi) is 3.94. The highest BCUT2D eigenvalue weighted by Gasteiger charge is 2.38. The molecule has 2 atom stereocenters. The van der Waals surface area contributed by atoms with Crippen molar-refractivity contribution in [3.8, 4) is 0 Å². The fraction of sp³-hybridized carbons (Fsp3) is 0.818. The van der Waals surface area contributed by atoms with E-state index in [1.165, 1.54) is 6.08 Å². The van der Waals surface area contributed by atoms with Crippen molar-refractivity contribution in [1.82, 2.24) is 0 Å². The first-order chi connectivity index (χ1) is 7.13. The maximum absolute atomic E-state index is 12.9. The number of aliphatic hydroxyl groups excluding tert-OH is 1. The highest BCUT2D eigenvalue weighted by atomic mass is 28.4. The molecule has 0 saturated heterocycles. The SMILES string of the molecule is CC(C)(C)[Si](C)(C)OC[C@@H]1C=C(F)C(O)O1. The van der Waals surface area contributed by atoms with Gasteiger partial charge in [0.15, 0.2) is 14.1 Å². The van der Waals surface area contributed by atoms with Crippen LogP contribution >= 0.6 is 0 Å². The van der Waals surface area contributed by atoms with Gasteiger partial charge in [-0.15, -0.1) is 0 Å². The van der Waals surface area contributed by atoms with Gasteiger partial charge in [0.2, 0.25) is 6.29 Å². The van der Waals surface area contributed by atoms with Crippen molar-refractivity contribution in [2.75, 3.05) is 6.61 Å². The molecule has 1 aliphatic rings. The fourth-order valence-electron chi connectivity index (χ4n) is 1.12. The number of aliphatic hydroxyl groups is 1. The van der Waals surface area contributed by atoms with E-state index in [1.807, 2.05) is 0 Å². The van der Waals surface area contributed by atoms with Crippen molar-refractivity contribution < 1.29 is 18.7 Å². The number of halogens is 1. The molecule has 94 valence electrons. The van der Waals surface area contributed by atoms with E-state index in [2.05, 4.69) is 33.9 Å². The van der Waals surface area contributed by atoms with Crippen molar-refractivity contribution in [2.45, 2.75) is 51.3 Å². The van der Waals surface area contributed by atoms with E-state index in [4.69, 9.17) is 14.3 Å². The van der Waals surface area contributed by atoms with Crippen molar-refractivity contribution in [1.29, 1.82) is 0 Å². The smallest absolute Gasteiger partial charge is 0.208 e. The second-order valence-corrected chi connectivity index (χ2v) is 10.5. The van der Waals surface area contributed by atoms with Crippen molar-refractivity contribution in [3.63, 3.8) is 0 Å². The van der Waals surface area contributed by atoms with Gasteiger partial charge in [0, 0.05) is 0 Å². The van der Waals surface area contributed by atoms with Crippen molar-refractivity contribution in [2.24, 2.45) is 0 Å². The maximum Gasteiger partial charge on any atom is 0.208 e. The highest BCUT2D eigenvalue weighted by molar-refractivity contribution is 6.74. The molecule has 0 saturated carbocycles. The van der Waals surface area contributed by atoms with Crippen LogP contribution in [-0.4, -0.2) is 32.4 Å². The van der Waals surface area contributed by atoms with Gasteiger partial charge in [0.05, 0.1) is 6.61 Å². The molecule has 0 radical (unpaired) electrons. The summed E-state index contributed by atoms with van der Waals surface area (Å²) in [5.41, 5.74) is 0. The van der Waals surface area contributed by atoms with Gasteiger partial charge in [-0.1, -0.05) is 20.8 Å². The van der Waals surface area contributed by atoms with Gasteiger partial charge < -0.3 is 14.3 Å². The topological polar surface area (TPSA) is 38.7 Å². The lowest BCUT2D eigenvalue weighted by Crippen LogP contribution is -2.42. The first-order valence-corrected chi connectivity index (χ1v) is 8.39. The predicted octanol–water partition coefficient (Wildman–Crippen LogP) is 2.58. The first-order valence-electron chi connectivity index (χ1n) is 5.48. The average molecular weight is 248 g/mol. The van der Waals surface area contributed by atoms with Gasteiger partial charge in [0.25, 0.3) is 0 Å². The molecule has 0 aromatic rings. The lowest BCUT2D eigenvalue weighted by Gasteiger charge is -2.36. The molecule has 0 bridgehead atoms. The summed E-state index contributed by atoms with van der Waals surface area (Å²) >= 11 is 0. The summed E-state index contributed by atoms with van der Waals surface area (Å²) < 4.78 is 23.7. The second kappa shape index (κ2) is 4.56. The molecule has 1 N–H and O–H groups in total. The largest absolute Gasteiger partial charge is 0.414 e. The Labute approximate surface area is 97.4 Å². The summed E-state index contributed by atoms with van der Waals surface area (Å²) in [5.74, 6) is -0.621. The van der Waals surface area contributed by atoms with Gasteiger partial charge in [0.1, 0.15) is 6.10 Å². The Hall–Kier alpha value is -0.233. The summed E-state index contributed by atoms with van der Waals surface area (Å²) in [6.07, 6.45) is -0.602. The Morgan fingerprint density at radius 3 is 2.44 bits per heavy atom. The molecule has 1 rings (SSSR count). The Balaban J connectivity index is 2.48. The van der Waals surface area contributed by atoms with E-state index in [0.29, 0.717) is 6.61 Å². The molecule has 3 nitrogen and oxygen atoms in total. The minimum atomic E-state index is -1.83. The molecule has 0 aliphatic carbocycles. The lowest BCUT2D eigenvalue weighted by molar-refractivity contribution is -0.0973. The van der Waals surface area contributed by atoms with Crippen molar-refractivity contribution in [3.05, 3.63) is 11.9 Å². The third kappa shape index (κ3) is 3.13. The van der Waals surface area contributed by atoms with Gasteiger partial charge in [-0.05, 0) is 24.2 Å². The Morgan fingerprint density at radius 1 is 1.50 bits per heavy atom. The average Bonchev–Trinajstić information content (AvgIpc) is 2.41.